The summed E-state index contributed by atoms with van der Waals surface area (Å²) in [7, 11) is 0. The van der Waals surface area contributed by atoms with Crippen molar-refractivity contribution in [2.75, 3.05) is 4.90 Å². The molecule has 0 atom stereocenters. The van der Waals surface area contributed by atoms with Gasteiger partial charge in [-0.25, -0.2) is 0 Å². The van der Waals surface area contributed by atoms with Gasteiger partial charge in [0.15, 0.2) is 0 Å². The first-order valence-electron chi connectivity index (χ1n) is 21.8. The fraction of sp³-hybridized carbons (Fsp3) is 0.0164. The Bertz CT molecular complexity index is 3670. The molecule has 294 valence electrons. The monoisotopic (exact) mass is 817 g/mol. The molecule has 0 saturated heterocycles. The third kappa shape index (κ3) is 5.35. The van der Waals surface area contributed by atoms with Crippen LogP contribution in [0.1, 0.15) is 22.3 Å². The first-order chi connectivity index (χ1) is 31.3. The lowest BCUT2D eigenvalue weighted by atomic mass is 9.67. The molecule has 63 heavy (non-hydrogen) atoms. The number of rotatable bonds is 6. The van der Waals surface area contributed by atoms with Gasteiger partial charge < -0.3 is 4.90 Å². The molecule has 12 aromatic rings. The zero-order valence-corrected chi connectivity index (χ0v) is 35.2. The summed E-state index contributed by atoms with van der Waals surface area (Å²) in [5.74, 6) is 0. The molecule has 1 aliphatic rings. The highest BCUT2D eigenvalue weighted by molar-refractivity contribution is 7.26. The van der Waals surface area contributed by atoms with Crippen molar-refractivity contribution in [1.29, 1.82) is 0 Å². The van der Waals surface area contributed by atoms with Crippen molar-refractivity contribution >= 4 is 80.9 Å². The summed E-state index contributed by atoms with van der Waals surface area (Å²) in [6.07, 6.45) is 0. The van der Waals surface area contributed by atoms with E-state index in [9.17, 15) is 0 Å². The molecule has 0 amide bonds. The molecular formula is C61H39NS. The van der Waals surface area contributed by atoms with Crippen molar-refractivity contribution in [2.24, 2.45) is 0 Å². The smallest absolute Gasteiger partial charge is 0.0714 e. The number of fused-ring (bicyclic) bond motifs is 12. The maximum absolute atomic E-state index is 2.46. The summed E-state index contributed by atoms with van der Waals surface area (Å²) in [6.45, 7) is 0. The second-order valence-electron chi connectivity index (χ2n) is 16.7. The molecule has 0 fully saturated rings. The van der Waals surface area contributed by atoms with E-state index < -0.39 is 5.41 Å². The molecule has 0 aliphatic heterocycles. The lowest BCUT2D eigenvalue weighted by Gasteiger charge is -2.35. The van der Waals surface area contributed by atoms with E-state index in [1.165, 1.54) is 97.0 Å². The minimum absolute atomic E-state index is 0.512. The van der Waals surface area contributed by atoms with E-state index in [0.29, 0.717) is 0 Å². The van der Waals surface area contributed by atoms with Crippen LogP contribution < -0.4 is 4.90 Å². The summed E-state index contributed by atoms with van der Waals surface area (Å²) in [6, 6.07) is 87.9. The van der Waals surface area contributed by atoms with Gasteiger partial charge in [-0.15, -0.1) is 11.3 Å². The summed E-state index contributed by atoms with van der Waals surface area (Å²) in [5.41, 5.74) is 13.0. The average molecular weight is 818 g/mol. The van der Waals surface area contributed by atoms with Gasteiger partial charge >= 0.3 is 0 Å². The highest BCUT2D eigenvalue weighted by atomic mass is 32.1. The van der Waals surface area contributed by atoms with Gasteiger partial charge in [-0.05, 0) is 119 Å². The Morgan fingerprint density at radius 3 is 1.49 bits per heavy atom. The summed E-state index contributed by atoms with van der Waals surface area (Å²) in [5, 5.41) is 10.2. The lowest BCUT2D eigenvalue weighted by Crippen LogP contribution is -2.28. The average Bonchev–Trinajstić information content (AvgIpc) is 3.89. The van der Waals surface area contributed by atoms with Gasteiger partial charge in [0.25, 0.3) is 0 Å². The molecule has 1 nitrogen and oxygen atoms in total. The number of thiophene rings is 1. The molecule has 1 heterocycles. The fourth-order valence-corrected chi connectivity index (χ4v) is 12.1. The lowest BCUT2D eigenvalue weighted by molar-refractivity contribution is 0.768. The molecule has 0 unspecified atom stereocenters. The third-order valence-corrected chi connectivity index (χ3v) is 14.7. The molecule has 0 N–H and O–H groups in total. The van der Waals surface area contributed by atoms with Crippen LogP contribution in [0.2, 0.25) is 0 Å². The highest BCUT2D eigenvalue weighted by Crippen LogP contribution is 2.56. The Labute approximate surface area is 370 Å². The number of benzene rings is 11. The standard InChI is InChI=1S/C61H39NS/c1-2-16-41(17-3-1)61(57-29-11-8-24-52(57)53-25-9-12-30-58(53)61)42-18-14-19-44(38-42)62(45-36-37-51-49-22-5-4-20-47(49)48-21-6-7-23-50(48)56(51)39-45)43-34-32-40(33-35-43)46-27-15-28-55-54-26-10-13-31-59(54)63-60(46)55/h1-39H. The van der Waals surface area contributed by atoms with Crippen LogP contribution in [0.25, 0.3) is 74.7 Å². The molecule has 1 aromatic heterocycles. The van der Waals surface area contributed by atoms with Crippen LogP contribution in [0, 0.1) is 0 Å². The molecule has 2 heteroatoms. The van der Waals surface area contributed by atoms with Crippen molar-refractivity contribution in [2.45, 2.75) is 5.41 Å². The molecule has 1 aliphatic carbocycles. The van der Waals surface area contributed by atoms with Gasteiger partial charge in [-0.2, -0.15) is 0 Å². The SMILES string of the molecule is c1ccc(C2(c3cccc(N(c4ccc(-c5cccc6c5sc5ccccc56)cc4)c4ccc5c6ccccc6c6ccccc6c5c4)c3)c3ccccc3-c3ccccc32)cc1. The van der Waals surface area contributed by atoms with E-state index in [2.05, 4.69) is 241 Å². The first kappa shape index (κ1) is 35.9. The quantitative estimate of drug-likeness (QED) is 0.151. The van der Waals surface area contributed by atoms with E-state index in [1.807, 2.05) is 11.3 Å². The predicted octanol–water partition coefficient (Wildman–Crippen LogP) is 17.0. The van der Waals surface area contributed by atoms with Gasteiger partial charge in [0.05, 0.1) is 5.41 Å². The fourth-order valence-electron chi connectivity index (χ4n) is 10.8. The Morgan fingerprint density at radius 1 is 0.302 bits per heavy atom. The zero-order valence-electron chi connectivity index (χ0n) is 34.4. The number of nitrogens with zero attached hydrogens (tertiary/aromatic N) is 1. The molecule has 0 bridgehead atoms. The predicted molar refractivity (Wildman–Crippen MR) is 269 cm³/mol. The maximum Gasteiger partial charge on any atom is 0.0714 e. The van der Waals surface area contributed by atoms with Crippen LogP contribution >= 0.6 is 11.3 Å². The van der Waals surface area contributed by atoms with Crippen molar-refractivity contribution in [3.63, 3.8) is 0 Å². The van der Waals surface area contributed by atoms with Crippen LogP contribution in [0.3, 0.4) is 0 Å². The van der Waals surface area contributed by atoms with E-state index >= 15 is 0 Å². The Kier molecular flexibility index (Phi) is 8.06. The van der Waals surface area contributed by atoms with Gasteiger partial charge in [0.1, 0.15) is 0 Å². The first-order valence-corrected chi connectivity index (χ1v) is 22.6. The maximum atomic E-state index is 2.46. The second kappa shape index (κ2) is 14.1. The van der Waals surface area contributed by atoms with Crippen LogP contribution in [-0.4, -0.2) is 0 Å². The van der Waals surface area contributed by atoms with Gasteiger partial charge in [0, 0.05) is 37.2 Å². The van der Waals surface area contributed by atoms with E-state index in [1.54, 1.807) is 0 Å². The molecule has 0 radical (unpaired) electrons. The third-order valence-electron chi connectivity index (χ3n) is 13.5. The zero-order chi connectivity index (χ0) is 41.5. The topological polar surface area (TPSA) is 3.24 Å². The van der Waals surface area contributed by atoms with E-state index in [4.69, 9.17) is 0 Å². The summed E-state index contributed by atoms with van der Waals surface area (Å²) in [4.78, 5) is 2.46. The van der Waals surface area contributed by atoms with Crippen molar-refractivity contribution < 1.29 is 0 Å². The highest BCUT2D eigenvalue weighted by Gasteiger charge is 2.46. The minimum Gasteiger partial charge on any atom is -0.310 e. The Morgan fingerprint density at radius 2 is 0.794 bits per heavy atom. The van der Waals surface area contributed by atoms with E-state index in [-0.39, 0.29) is 0 Å². The van der Waals surface area contributed by atoms with Gasteiger partial charge in [-0.1, -0.05) is 194 Å². The minimum atomic E-state index is -0.512. The summed E-state index contributed by atoms with van der Waals surface area (Å²) >= 11 is 1.88. The van der Waals surface area contributed by atoms with Crippen LogP contribution in [-0.2, 0) is 5.41 Å². The molecule has 11 aromatic carbocycles. The van der Waals surface area contributed by atoms with Crippen molar-refractivity contribution in [1.82, 2.24) is 0 Å². The molecule has 0 saturated carbocycles. The van der Waals surface area contributed by atoms with Crippen LogP contribution in [0.4, 0.5) is 17.1 Å². The van der Waals surface area contributed by atoms with Gasteiger partial charge in [-0.3, -0.25) is 0 Å². The second-order valence-corrected chi connectivity index (χ2v) is 17.8. The van der Waals surface area contributed by atoms with Gasteiger partial charge in [0.2, 0.25) is 0 Å². The molecular weight excluding hydrogens is 779 g/mol. The van der Waals surface area contributed by atoms with Crippen molar-refractivity contribution in [3.8, 4) is 22.3 Å². The Balaban J connectivity index is 1.04. The number of anilines is 3. The molecule has 0 spiro atoms. The van der Waals surface area contributed by atoms with Crippen LogP contribution in [0.5, 0.6) is 0 Å². The Hall–Kier alpha value is -7.78. The van der Waals surface area contributed by atoms with Crippen LogP contribution in [0.15, 0.2) is 237 Å². The normalized spacial score (nSPS) is 12.9. The van der Waals surface area contributed by atoms with E-state index in [0.717, 1.165) is 17.1 Å². The van der Waals surface area contributed by atoms with Crippen molar-refractivity contribution in [3.05, 3.63) is 259 Å². The summed E-state index contributed by atoms with van der Waals surface area (Å²) < 4.78 is 2.65. The number of hydrogen-bond acceptors (Lipinski definition) is 2. The largest absolute Gasteiger partial charge is 0.310 e. The number of hydrogen-bond donors (Lipinski definition) is 0. The molecule has 13 rings (SSSR count).